The van der Waals surface area contributed by atoms with Gasteiger partial charge >= 0.3 is 0 Å². The van der Waals surface area contributed by atoms with Crippen molar-refractivity contribution in [3.8, 4) is 0 Å². The molecule has 2 heterocycles. The summed E-state index contributed by atoms with van der Waals surface area (Å²) in [6, 6.07) is 4.80. The Kier molecular flexibility index (Phi) is 4.54. The maximum Gasteiger partial charge on any atom is 0.270 e. The van der Waals surface area contributed by atoms with Gasteiger partial charge in [0.05, 0.1) is 15.1 Å². The zero-order chi connectivity index (χ0) is 15.5. The molecular formula is C15H20N4O2S. The summed E-state index contributed by atoms with van der Waals surface area (Å²) >= 11 is 1.47. The quantitative estimate of drug-likeness (QED) is 0.675. The van der Waals surface area contributed by atoms with Gasteiger partial charge in [-0.25, -0.2) is 4.98 Å². The number of thiazole rings is 1. The summed E-state index contributed by atoms with van der Waals surface area (Å²) in [5.74, 6) is 0.851. The average molecular weight is 320 g/mol. The molecule has 3 rings (SSSR count). The van der Waals surface area contributed by atoms with Crippen LogP contribution in [0.15, 0.2) is 18.2 Å². The molecule has 0 unspecified atom stereocenters. The Hall–Kier alpha value is -1.73. The Bertz CT molecular complexity index is 665. The topological polar surface area (TPSA) is 71.3 Å². The van der Waals surface area contributed by atoms with Gasteiger partial charge in [0.15, 0.2) is 5.13 Å². The minimum Gasteiger partial charge on any atom is -0.360 e. The van der Waals surface area contributed by atoms with Crippen molar-refractivity contribution in [3.05, 3.63) is 28.3 Å². The number of hydrogen-bond acceptors (Lipinski definition) is 6. The molecule has 2 aromatic rings. The summed E-state index contributed by atoms with van der Waals surface area (Å²) in [5, 5.41) is 15.0. The van der Waals surface area contributed by atoms with Crippen LogP contribution >= 0.6 is 11.3 Å². The molecule has 1 fully saturated rings. The number of benzene rings is 1. The van der Waals surface area contributed by atoms with E-state index in [1.54, 1.807) is 12.1 Å². The number of piperidine rings is 1. The second-order valence-electron chi connectivity index (χ2n) is 5.88. The van der Waals surface area contributed by atoms with Crippen molar-refractivity contribution in [2.24, 2.45) is 5.92 Å². The van der Waals surface area contributed by atoms with Crippen molar-refractivity contribution in [3.63, 3.8) is 0 Å². The molecule has 1 N–H and O–H groups in total. The van der Waals surface area contributed by atoms with E-state index in [9.17, 15) is 10.1 Å². The molecule has 0 spiro atoms. The first-order valence-corrected chi connectivity index (χ1v) is 8.44. The van der Waals surface area contributed by atoms with E-state index >= 15 is 0 Å². The van der Waals surface area contributed by atoms with Gasteiger partial charge in [-0.3, -0.25) is 10.1 Å². The second kappa shape index (κ2) is 6.58. The summed E-state index contributed by atoms with van der Waals surface area (Å²) in [7, 11) is 0. The number of nitrogens with one attached hydrogen (secondary N) is 1. The van der Waals surface area contributed by atoms with Gasteiger partial charge in [0, 0.05) is 25.2 Å². The van der Waals surface area contributed by atoms with E-state index in [0.29, 0.717) is 0 Å². The van der Waals surface area contributed by atoms with Gasteiger partial charge in [-0.05, 0) is 37.9 Å². The largest absolute Gasteiger partial charge is 0.360 e. The molecule has 6 nitrogen and oxygen atoms in total. The van der Waals surface area contributed by atoms with Gasteiger partial charge in [0.1, 0.15) is 0 Å². The number of nitro benzene ring substituents is 1. The number of nitro groups is 1. The lowest BCUT2D eigenvalue weighted by Crippen LogP contribution is -2.36. The van der Waals surface area contributed by atoms with Crippen LogP contribution in [0.5, 0.6) is 0 Å². The van der Waals surface area contributed by atoms with Crippen LogP contribution in [-0.4, -0.2) is 41.0 Å². The molecule has 0 atom stereocenters. The third kappa shape index (κ3) is 3.53. The Morgan fingerprint density at radius 2 is 2.23 bits per heavy atom. The number of nitrogens with zero attached hydrogens (tertiary/aromatic N) is 3. The maximum absolute atomic E-state index is 10.8. The summed E-state index contributed by atoms with van der Waals surface area (Å²) in [6.07, 6.45) is 2.57. The minimum absolute atomic E-state index is 0.116. The molecule has 0 bridgehead atoms. The van der Waals surface area contributed by atoms with Gasteiger partial charge in [0.2, 0.25) is 0 Å². The first-order valence-electron chi connectivity index (χ1n) is 7.63. The minimum atomic E-state index is -0.371. The molecule has 0 radical (unpaired) electrons. The molecular weight excluding hydrogens is 300 g/mol. The third-order valence-corrected chi connectivity index (χ3v) is 5.14. The van der Waals surface area contributed by atoms with Crippen LogP contribution in [0.1, 0.15) is 19.8 Å². The number of rotatable bonds is 5. The molecule has 0 amide bonds. The van der Waals surface area contributed by atoms with Crippen LogP contribution in [0.25, 0.3) is 10.2 Å². The zero-order valence-electron chi connectivity index (χ0n) is 12.6. The summed E-state index contributed by atoms with van der Waals surface area (Å²) < 4.78 is 0.850. The van der Waals surface area contributed by atoms with Crippen molar-refractivity contribution in [1.29, 1.82) is 0 Å². The van der Waals surface area contributed by atoms with E-state index < -0.39 is 0 Å². The lowest BCUT2D eigenvalue weighted by molar-refractivity contribution is -0.384. The van der Waals surface area contributed by atoms with E-state index in [1.165, 1.54) is 43.3 Å². The standard InChI is InChI=1S/C15H20N4O2S/c1-11-4-7-18(8-5-11)9-6-16-15-17-13-3-2-12(19(20)21)10-14(13)22-15/h2-3,10-11H,4-9H2,1H3,(H,16,17). The van der Waals surface area contributed by atoms with Crippen LogP contribution in [0, 0.1) is 16.0 Å². The Labute approximate surface area is 133 Å². The maximum atomic E-state index is 10.8. The zero-order valence-corrected chi connectivity index (χ0v) is 13.4. The van der Waals surface area contributed by atoms with Crippen molar-refractivity contribution in [2.75, 3.05) is 31.5 Å². The molecule has 1 aromatic heterocycles. The fraction of sp³-hybridized carbons (Fsp3) is 0.533. The number of fused-ring (bicyclic) bond motifs is 1. The summed E-state index contributed by atoms with van der Waals surface area (Å²) in [5.41, 5.74) is 0.926. The summed E-state index contributed by atoms with van der Waals surface area (Å²) in [4.78, 5) is 17.4. The first-order chi connectivity index (χ1) is 10.6. The molecule has 0 aliphatic carbocycles. The highest BCUT2D eigenvalue weighted by molar-refractivity contribution is 7.22. The van der Waals surface area contributed by atoms with E-state index in [2.05, 4.69) is 22.1 Å². The van der Waals surface area contributed by atoms with Crippen molar-refractivity contribution in [1.82, 2.24) is 9.88 Å². The number of non-ortho nitro benzene ring substituents is 1. The fourth-order valence-corrected chi connectivity index (χ4v) is 3.63. The van der Waals surface area contributed by atoms with Crippen LogP contribution < -0.4 is 5.32 Å². The highest BCUT2D eigenvalue weighted by Gasteiger charge is 2.15. The molecule has 22 heavy (non-hydrogen) atoms. The molecule has 1 saturated heterocycles. The van der Waals surface area contributed by atoms with Gasteiger partial charge in [-0.2, -0.15) is 0 Å². The predicted octanol–water partition coefficient (Wildman–Crippen LogP) is 3.35. The van der Waals surface area contributed by atoms with Gasteiger partial charge in [0.25, 0.3) is 5.69 Å². The smallest absolute Gasteiger partial charge is 0.270 e. The second-order valence-corrected chi connectivity index (χ2v) is 6.91. The predicted molar refractivity (Wildman–Crippen MR) is 89.6 cm³/mol. The van der Waals surface area contributed by atoms with Crippen LogP contribution in [0.4, 0.5) is 10.8 Å². The molecule has 7 heteroatoms. The summed E-state index contributed by atoms with van der Waals surface area (Å²) in [6.45, 7) is 6.54. The molecule has 1 aliphatic heterocycles. The van der Waals surface area contributed by atoms with E-state index in [0.717, 1.165) is 34.4 Å². The van der Waals surface area contributed by atoms with Crippen molar-refractivity contribution < 1.29 is 4.92 Å². The van der Waals surface area contributed by atoms with E-state index in [4.69, 9.17) is 0 Å². The highest BCUT2D eigenvalue weighted by atomic mass is 32.1. The lowest BCUT2D eigenvalue weighted by atomic mass is 9.99. The Morgan fingerprint density at radius 1 is 1.45 bits per heavy atom. The molecule has 118 valence electrons. The fourth-order valence-electron chi connectivity index (χ4n) is 2.71. The van der Waals surface area contributed by atoms with Crippen LogP contribution in [0.2, 0.25) is 0 Å². The third-order valence-electron chi connectivity index (χ3n) is 4.16. The van der Waals surface area contributed by atoms with Gasteiger partial charge < -0.3 is 10.2 Å². The van der Waals surface area contributed by atoms with Crippen LogP contribution in [0.3, 0.4) is 0 Å². The average Bonchev–Trinajstić information content (AvgIpc) is 2.91. The molecule has 0 saturated carbocycles. The van der Waals surface area contributed by atoms with Gasteiger partial charge in [-0.15, -0.1) is 0 Å². The highest BCUT2D eigenvalue weighted by Crippen LogP contribution is 2.29. The first kappa shape index (κ1) is 15.2. The SMILES string of the molecule is CC1CCN(CCNc2nc3ccc([N+](=O)[O-])cc3s2)CC1. The Balaban J connectivity index is 1.56. The lowest BCUT2D eigenvalue weighted by Gasteiger charge is -2.30. The van der Waals surface area contributed by atoms with Gasteiger partial charge in [-0.1, -0.05) is 18.3 Å². The number of likely N-dealkylation sites (tertiary alicyclic amines) is 1. The Morgan fingerprint density at radius 3 is 2.95 bits per heavy atom. The van der Waals surface area contributed by atoms with Crippen LogP contribution in [-0.2, 0) is 0 Å². The number of hydrogen-bond donors (Lipinski definition) is 1. The van der Waals surface area contributed by atoms with Crippen molar-refractivity contribution >= 4 is 32.4 Å². The molecule has 1 aromatic carbocycles. The number of aromatic nitrogens is 1. The monoisotopic (exact) mass is 320 g/mol. The normalized spacial score (nSPS) is 17.0. The molecule has 1 aliphatic rings. The number of anilines is 1. The van der Waals surface area contributed by atoms with E-state index in [1.807, 2.05) is 0 Å². The van der Waals surface area contributed by atoms with E-state index in [-0.39, 0.29) is 10.6 Å². The van der Waals surface area contributed by atoms with Crippen molar-refractivity contribution in [2.45, 2.75) is 19.8 Å².